The fourth-order valence-corrected chi connectivity index (χ4v) is 3.22. The fourth-order valence-electron chi connectivity index (χ4n) is 2.52. The molecule has 84 valence electrons. The molecule has 0 aromatic carbocycles. The molecular weight excluding hydrogens is 204 g/mol. The topological polar surface area (TPSA) is 20.2 Å². The van der Waals surface area contributed by atoms with E-state index >= 15 is 0 Å². The van der Waals surface area contributed by atoms with Crippen molar-refractivity contribution in [3.63, 3.8) is 0 Å². The van der Waals surface area contributed by atoms with Crippen LogP contribution in [0.25, 0.3) is 0 Å². The SMILES string of the molecule is OC(CCc1ccsc1)CC1CCCC1. The van der Waals surface area contributed by atoms with E-state index in [1.807, 2.05) is 0 Å². The molecule has 2 rings (SSSR count). The summed E-state index contributed by atoms with van der Waals surface area (Å²) in [5.74, 6) is 0.808. The summed E-state index contributed by atoms with van der Waals surface area (Å²) in [7, 11) is 0. The highest BCUT2D eigenvalue weighted by Gasteiger charge is 2.18. The quantitative estimate of drug-likeness (QED) is 0.810. The van der Waals surface area contributed by atoms with Crippen LogP contribution in [0.3, 0.4) is 0 Å². The van der Waals surface area contributed by atoms with Gasteiger partial charge in [-0.3, -0.25) is 0 Å². The van der Waals surface area contributed by atoms with E-state index in [9.17, 15) is 5.11 Å². The maximum Gasteiger partial charge on any atom is 0.0546 e. The Bertz CT molecular complexity index is 262. The summed E-state index contributed by atoms with van der Waals surface area (Å²) in [4.78, 5) is 0. The van der Waals surface area contributed by atoms with Crippen LogP contribution >= 0.6 is 11.3 Å². The average molecular weight is 224 g/mol. The van der Waals surface area contributed by atoms with Crippen molar-refractivity contribution in [3.8, 4) is 0 Å². The number of aryl methyl sites for hydroxylation is 1. The van der Waals surface area contributed by atoms with Gasteiger partial charge < -0.3 is 5.11 Å². The van der Waals surface area contributed by atoms with Gasteiger partial charge in [0.15, 0.2) is 0 Å². The second-order valence-electron chi connectivity index (χ2n) is 4.71. The van der Waals surface area contributed by atoms with Gasteiger partial charge in [0.25, 0.3) is 0 Å². The molecule has 0 bridgehead atoms. The van der Waals surface area contributed by atoms with Crippen molar-refractivity contribution in [1.29, 1.82) is 0 Å². The monoisotopic (exact) mass is 224 g/mol. The minimum Gasteiger partial charge on any atom is -0.393 e. The van der Waals surface area contributed by atoms with Gasteiger partial charge in [0.05, 0.1) is 6.10 Å². The molecule has 1 aromatic heterocycles. The molecule has 15 heavy (non-hydrogen) atoms. The van der Waals surface area contributed by atoms with Gasteiger partial charge in [-0.25, -0.2) is 0 Å². The first-order chi connectivity index (χ1) is 7.34. The van der Waals surface area contributed by atoms with Crippen LogP contribution in [-0.2, 0) is 6.42 Å². The van der Waals surface area contributed by atoms with E-state index in [1.165, 1.54) is 31.2 Å². The van der Waals surface area contributed by atoms with E-state index in [-0.39, 0.29) is 6.10 Å². The molecule has 1 aliphatic carbocycles. The van der Waals surface area contributed by atoms with Crippen LogP contribution in [-0.4, -0.2) is 11.2 Å². The first kappa shape index (κ1) is 11.2. The van der Waals surface area contributed by atoms with Crippen LogP contribution in [0.1, 0.15) is 44.1 Å². The molecule has 1 nitrogen and oxygen atoms in total. The molecule has 0 aliphatic heterocycles. The van der Waals surface area contributed by atoms with Crippen LogP contribution in [0.4, 0.5) is 0 Å². The molecule has 1 saturated carbocycles. The molecule has 2 heteroatoms. The van der Waals surface area contributed by atoms with Crippen molar-refractivity contribution >= 4 is 11.3 Å². The van der Waals surface area contributed by atoms with Crippen molar-refractivity contribution in [2.24, 2.45) is 5.92 Å². The number of aliphatic hydroxyl groups is 1. The second kappa shape index (κ2) is 5.66. The molecule has 0 saturated heterocycles. The Morgan fingerprint density at radius 1 is 1.40 bits per heavy atom. The summed E-state index contributed by atoms with van der Waals surface area (Å²) in [5.41, 5.74) is 1.38. The van der Waals surface area contributed by atoms with Gasteiger partial charge in [-0.1, -0.05) is 25.7 Å². The minimum absolute atomic E-state index is 0.0759. The van der Waals surface area contributed by atoms with E-state index in [0.717, 1.165) is 25.2 Å². The Labute approximate surface area is 96.1 Å². The van der Waals surface area contributed by atoms with Gasteiger partial charge in [0.1, 0.15) is 0 Å². The lowest BCUT2D eigenvalue weighted by Crippen LogP contribution is -2.12. The summed E-state index contributed by atoms with van der Waals surface area (Å²) in [6, 6.07) is 2.16. The zero-order chi connectivity index (χ0) is 10.5. The van der Waals surface area contributed by atoms with E-state index in [2.05, 4.69) is 16.8 Å². The third-order valence-electron chi connectivity index (χ3n) is 3.43. The lowest BCUT2D eigenvalue weighted by molar-refractivity contribution is 0.134. The highest BCUT2D eigenvalue weighted by Crippen LogP contribution is 2.29. The summed E-state index contributed by atoms with van der Waals surface area (Å²) in [5, 5.41) is 14.2. The van der Waals surface area contributed by atoms with E-state index in [1.54, 1.807) is 11.3 Å². The molecule has 1 heterocycles. The molecule has 0 spiro atoms. The van der Waals surface area contributed by atoms with Crippen LogP contribution in [0, 0.1) is 5.92 Å². The van der Waals surface area contributed by atoms with Crippen molar-refractivity contribution in [3.05, 3.63) is 22.4 Å². The van der Waals surface area contributed by atoms with Crippen molar-refractivity contribution < 1.29 is 5.11 Å². The largest absolute Gasteiger partial charge is 0.393 e. The van der Waals surface area contributed by atoms with Crippen molar-refractivity contribution in [2.75, 3.05) is 0 Å². The van der Waals surface area contributed by atoms with Gasteiger partial charge in [0, 0.05) is 0 Å². The van der Waals surface area contributed by atoms with Gasteiger partial charge in [-0.05, 0) is 47.6 Å². The molecule has 1 aromatic rings. The zero-order valence-electron chi connectivity index (χ0n) is 9.19. The highest BCUT2D eigenvalue weighted by atomic mass is 32.1. The third kappa shape index (κ3) is 3.62. The summed E-state index contributed by atoms with van der Waals surface area (Å²) >= 11 is 1.74. The predicted octanol–water partition coefficient (Wildman–Crippen LogP) is 3.62. The standard InChI is InChI=1S/C13H20OS/c14-13(9-11-3-1-2-4-11)6-5-12-7-8-15-10-12/h7-8,10-11,13-14H,1-6,9H2. The van der Waals surface area contributed by atoms with Crippen LogP contribution in [0.15, 0.2) is 16.8 Å². The van der Waals surface area contributed by atoms with E-state index in [4.69, 9.17) is 0 Å². The molecule has 0 radical (unpaired) electrons. The Hall–Kier alpha value is -0.340. The van der Waals surface area contributed by atoms with E-state index < -0.39 is 0 Å². The zero-order valence-corrected chi connectivity index (χ0v) is 10.0. The maximum absolute atomic E-state index is 9.91. The van der Waals surface area contributed by atoms with E-state index in [0.29, 0.717) is 0 Å². The van der Waals surface area contributed by atoms with Gasteiger partial charge in [-0.2, -0.15) is 11.3 Å². The van der Waals surface area contributed by atoms with Gasteiger partial charge in [0.2, 0.25) is 0 Å². The van der Waals surface area contributed by atoms with Crippen LogP contribution < -0.4 is 0 Å². The summed E-state index contributed by atoms with van der Waals surface area (Å²) < 4.78 is 0. The Morgan fingerprint density at radius 3 is 2.87 bits per heavy atom. The molecule has 1 fully saturated rings. The molecular formula is C13H20OS. The average Bonchev–Trinajstić information content (AvgIpc) is 2.86. The number of rotatable bonds is 5. The van der Waals surface area contributed by atoms with Gasteiger partial charge in [-0.15, -0.1) is 0 Å². The van der Waals surface area contributed by atoms with Crippen LogP contribution in [0.2, 0.25) is 0 Å². The summed E-state index contributed by atoms with van der Waals surface area (Å²) in [6.07, 6.45) is 8.37. The number of thiophene rings is 1. The lowest BCUT2D eigenvalue weighted by Gasteiger charge is -2.14. The second-order valence-corrected chi connectivity index (χ2v) is 5.49. The molecule has 1 N–H and O–H groups in total. The van der Waals surface area contributed by atoms with Gasteiger partial charge >= 0.3 is 0 Å². The predicted molar refractivity (Wildman–Crippen MR) is 65.2 cm³/mol. The minimum atomic E-state index is -0.0759. The first-order valence-electron chi connectivity index (χ1n) is 6.04. The van der Waals surface area contributed by atoms with Crippen LogP contribution in [0.5, 0.6) is 0 Å². The molecule has 1 unspecified atom stereocenters. The maximum atomic E-state index is 9.91. The summed E-state index contributed by atoms with van der Waals surface area (Å²) in [6.45, 7) is 0. The highest BCUT2D eigenvalue weighted by molar-refractivity contribution is 7.07. The number of aliphatic hydroxyl groups excluding tert-OH is 1. The fraction of sp³-hybridized carbons (Fsp3) is 0.692. The Balaban J connectivity index is 1.66. The smallest absolute Gasteiger partial charge is 0.0546 e. The normalized spacial score (nSPS) is 19.5. The number of hydrogen-bond donors (Lipinski definition) is 1. The lowest BCUT2D eigenvalue weighted by atomic mass is 9.97. The molecule has 1 atom stereocenters. The van der Waals surface area contributed by atoms with Crippen molar-refractivity contribution in [2.45, 2.75) is 51.0 Å². The Morgan fingerprint density at radius 2 is 2.20 bits per heavy atom. The molecule has 1 aliphatic rings. The number of hydrogen-bond acceptors (Lipinski definition) is 2. The van der Waals surface area contributed by atoms with Crippen molar-refractivity contribution in [1.82, 2.24) is 0 Å². The first-order valence-corrected chi connectivity index (χ1v) is 6.98. The molecule has 0 amide bonds. The third-order valence-corrected chi connectivity index (χ3v) is 4.16. The Kier molecular flexibility index (Phi) is 4.21.